The topological polar surface area (TPSA) is 149 Å². The molecule has 1 amide bonds. The SMILES string of the molecule is CNC(=O)C(N)N(C(=N)c1cc(C(C)C)c(O)cc1O)c1ccc(Oc2ccc(C=O)cc2)cc1. The molecule has 1 atom stereocenters. The van der Waals surface area contributed by atoms with Crippen LogP contribution in [-0.2, 0) is 4.79 Å². The number of nitrogens with one attached hydrogen (secondary N) is 2. The zero-order valence-electron chi connectivity index (χ0n) is 19.6. The van der Waals surface area contributed by atoms with Gasteiger partial charge >= 0.3 is 0 Å². The molecule has 182 valence electrons. The van der Waals surface area contributed by atoms with E-state index in [9.17, 15) is 19.8 Å². The highest BCUT2D eigenvalue weighted by Crippen LogP contribution is 2.34. The van der Waals surface area contributed by atoms with Crippen molar-refractivity contribution in [3.63, 3.8) is 0 Å². The minimum Gasteiger partial charge on any atom is -0.508 e. The van der Waals surface area contributed by atoms with E-state index in [0.29, 0.717) is 28.3 Å². The van der Waals surface area contributed by atoms with Crippen molar-refractivity contribution in [1.82, 2.24) is 5.32 Å². The number of carbonyl (C=O) groups excluding carboxylic acids is 2. The van der Waals surface area contributed by atoms with Crippen molar-refractivity contribution in [3.05, 3.63) is 77.4 Å². The molecule has 0 fully saturated rings. The van der Waals surface area contributed by atoms with Gasteiger partial charge in [-0.25, -0.2) is 0 Å². The van der Waals surface area contributed by atoms with Crippen LogP contribution in [0.1, 0.15) is 41.3 Å². The normalized spacial score (nSPS) is 11.6. The fourth-order valence-corrected chi connectivity index (χ4v) is 3.50. The third-order valence-electron chi connectivity index (χ3n) is 5.42. The molecule has 0 aliphatic carbocycles. The summed E-state index contributed by atoms with van der Waals surface area (Å²) in [6.07, 6.45) is -0.529. The number of ether oxygens (including phenoxy) is 1. The van der Waals surface area contributed by atoms with Crippen LogP contribution in [0.2, 0.25) is 0 Å². The van der Waals surface area contributed by atoms with Gasteiger partial charge in [-0.05, 0) is 66.1 Å². The van der Waals surface area contributed by atoms with Crippen molar-refractivity contribution in [2.75, 3.05) is 11.9 Å². The molecule has 0 bridgehead atoms. The van der Waals surface area contributed by atoms with Gasteiger partial charge < -0.3 is 30.9 Å². The second-order valence-corrected chi connectivity index (χ2v) is 8.14. The van der Waals surface area contributed by atoms with Gasteiger partial charge in [0.2, 0.25) is 0 Å². The molecule has 0 saturated carbocycles. The molecule has 0 heterocycles. The summed E-state index contributed by atoms with van der Waals surface area (Å²) in [5.74, 6) is -0.206. The fourth-order valence-electron chi connectivity index (χ4n) is 3.50. The molecule has 35 heavy (non-hydrogen) atoms. The van der Waals surface area contributed by atoms with Gasteiger partial charge in [0, 0.05) is 24.4 Å². The highest BCUT2D eigenvalue weighted by molar-refractivity contribution is 6.12. The van der Waals surface area contributed by atoms with Gasteiger partial charge in [-0.2, -0.15) is 0 Å². The molecule has 9 heteroatoms. The van der Waals surface area contributed by atoms with Gasteiger partial charge in [0.1, 0.15) is 35.1 Å². The third kappa shape index (κ3) is 5.59. The molecule has 0 spiro atoms. The lowest BCUT2D eigenvalue weighted by Crippen LogP contribution is -2.54. The van der Waals surface area contributed by atoms with Crippen molar-refractivity contribution >= 4 is 23.7 Å². The lowest BCUT2D eigenvalue weighted by atomic mass is 9.98. The molecule has 3 rings (SSSR count). The summed E-state index contributed by atoms with van der Waals surface area (Å²) < 4.78 is 5.79. The number of phenols is 2. The molecule has 9 nitrogen and oxygen atoms in total. The fraction of sp³-hybridized carbons (Fsp3) is 0.192. The van der Waals surface area contributed by atoms with Crippen molar-refractivity contribution in [3.8, 4) is 23.0 Å². The van der Waals surface area contributed by atoms with E-state index in [0.717, 1.165) is 6.29 Å². The number of hydrogen-bond donors (Lipinski definition) is 5. The Morgan fingerprint density at radius 1 is 1.03 bits per heavy atom. The number of rotatable bonds is 8. The predicted octanol–water partition coefficient (Wildman–Crippen LogP) is 3.69. The predicted molar refractivity (Wildman–Crippen MR) is 134 cm³/mol. The summed E-state index contributed by atoms with van der Waals surface area (Å²) >= 11 is 0. The van der Waals surface area contributed by atoms with Gasteiger partial charge in [0.15, 0.2) is 6.17 Å². The molecular weight excluding hydrogens is 448 g/mol. The number of anilines is 1. The van der Waals surface area contributed by atoms with E-state index in [-0.39, 0.29) is 28.8 Å². The Kier molecular flexibility index (Phi) is 7.73. The largest absolute Gasteiger partial charge is 0.508 e. The standard InChI is InChI=1S/C26H28N4O5/c1-15(2)20-12-21(23(33)13-22(20)32)24(27)30(25(28)26(34)29-3)17-6-10-19(11-7-17)35-18-8-4-16(14-31)5-9-18/h4-15,25,27,32-33H,28H2,1-3H3,(H,29,34). The zero-order valence-corrected chi connectivity index (χ0v) is 19.6. The number of likely N-dealkylation sites (N-methyl/N-ethyl adjacent to an activating group) is 1. The van der Waals surface area contributed by atoms with Crippen LogP contribution in [0.25, 0.3) is 0 Å². The van der Waals surface area contributed by atoms with Crippen LogP contribution < -0.4 is 20.7 Å². The van der Waals surface area contributed by atoms with Gasteiger partial charge in [0.25, 0.3) is 5.91 Å². The molecule has 0 aliphatic rings. The minimum absolute atomic E-state index is 0.0692. The Morgan fingerprint density at radius 2 is 1.60 bits per heavy atom. The Balaban J connectivity index is 1.97. The highest BCUT2D eigenvalue weighted by Gasteiger charge is 2.28. The number of aldehydes is 1. The summed E-state index contributed by atoms with van der Waals surface area (Å²) in [6.45, 7) is 3.75. The molecule has 0 aliphatic heterocycles. The Labute approximate surface area is 203 Å². The molecule has 0 aromatic heterocycles. The first-order valence-electron chi connectivity index (χ1n) is 10.9. The Hall–Kier alpha value is -4.37. The first-order chi connectivity index (χ1) is 16.7. The summed E-state index contributed by atoms with van der Waals surface area (Å²) in [5, 5.41) is 31.9. The van der Waals surface area contributed by atoms with E-state index >= 15 is 0 Å². The van der Waals surface area contributed by atoms with E-state index in [2.05, 4.69) is 5.32 Å². The van der Waals surface area contributed by atoms with Crippen molar-refractivity contribution in [2.24, 2.45) is 5.73 Å². The van der Waals surface area contributed by atoms with Crippen molar-refractivity contribution in [1.29, 1.82) is 5.41 Å². The van der Waals surface area contributed by atoms with Crippen molar-refractivity contribution < 1.29 is 24.5 Å². The molecule has 3 aromatic carbocycles. The number of phenolic OH excluding ortho intramolecular Hbond substituents is 2. The van der Waals surface area contributed by atoms with Gasteiger partial charge in [-0.15, -0.1) is 0 Å². The Morgan fingerprint density at radius 3 is 2.11 bits per heavy atom. The number of amides is 1. The maximum absolute atomic E-state index is 12.4. The van der Waals surface area contributed by atoms with Crippen molar-refractivity contribution in [2.45, 2.75) is 25.9 Å². The van der Waals surface area contributed by atoms with Crippen LogP contribution in [0.3, 0.4) is 0 Å². The number of nitrogens with zero attached hydrogens (tertiary/aromatic N) is 1. The van der Waals surface area contributed by atoms with Crippen LogP contribution in [0, 0.1) is 5.41 Å². The lowest BCUT2D eigenvalue weighted by molar-refractivity contribution is -0.121. The van der Waals surface area contributed by atoms with E-state index in [1.165, 1.54) is 24.1 Å². The zero-order chi connectivity index (χ0) is 25.7. The summed E-state index contributed by atoms with van der Waals surface area (Å²) in [4.78, 5) is 24.5. The van der Waals surface area contributed by atoms with E-state index in [1.807, 2.05) is 13.8 Å². The van der Waals surface area contributed by atoms with Crippen LogP contribution in [-0.4, -0.2) is 41.5 Å². The second-order valence-electron chi connectivity index (χ2n) is 8.14. The van der Waals surface area contributed by atoms with Gasteiger partial charge in [-0.1, -0.05) is 13.8 Å². The van der Waals surface area contributed by atoms with Gasteiger partial charge in [-0.3, -0.25) is 15.0 Å². The highest BCUT2D eigenvalue weighted by atomic mass is 16.5. The van der Waals surface area contributed by atoms with Crippen LogP contribution in [0.5, 0.6) is 23.0 Å². The van der Waals surface area contributed by atoms with Crippen LogP contribution >= 0.6 is 0 Å². The minimum atomic E-state index is -1.27. The number of amidine groups is 1. The maximum atomic E-state index is 12.4. The van der Waals surface area contributed by atoms with E-state index in [1.54, 1.807) is 48.5 Å². The number of aromatic hydroxyl groups is 2. The third-order valence-corrected chi connectivity index (χ3v) is 5.42. The number of nitrogens with two attached hydrogens (primary N) is 1. The molecular formula is C26H28N4O5. The summed E-state index contributed by atoms with van der Waals surface area (Å²) in [7, 11) is 1.44. The number of carbonyl (C=O) groups is 2. The summed E-state index contributed by atoms with van der Waals surface area (Å²) in [6, 6.07) is 15.9. The quantitative estimate of drug-likeness (QED) is 0.144. The van der Waals surface area contributed by atoms with Gasteiger partial charge in [0.05, 0.1) is 5.56 Å². The monoisotopic (exact) mass is 476 g/mol. The average molecular weight is 477 g/mol. The molecule has 3 aromatic rings. The molecule has 6 N–H and O–H groups in total. The number of hydrogen-bond acceptors (Lipinski definition) is 7. The van der Waals surface area contributed by atoms with E-state index < -0.39 is 12.1 Å². The van der Waals surface area contributed by atoms with Crippen LogP contribution in [0.4, 0.5) is 5.69 Å². The maximum Gasteiger partial charge on any atom is 0.257 e. The first kappa shape index (κ1) is 25.3. The molecule has 0 saturated heterocycles. The number of benzene rings is 3. The molecule has 1 unspecified atom stereocenters. The average Bonchev–Trinajstić information content (AvgIpc) is 2.84. The lowest BCUT2D eigenvalue weighted by Gasteiger charge is -2.31. The Bertz CT molecular complexity index is 1220. The van der Waals surface area contributed by atoms with Crippen LogP contribution in [0.15, 0.2) is 60.7 Å². The second kappa shape index (κ2) is 10.7. The summed E-state index contributed by atoms with van der Waals surface area (Å²) in [5.41, 5.74) is 7.79. The van der Waals surface area contributed by atoms with E-state index in [4.69, 9.17) is 15.9 Å². The smallest absolute Gasteiger partial charge is 0.257 e. The first-order valence-corrected chi connectivity index (χ1v) is 10.9. The molecule has 0 radical (unpaired) electrons.